The number of carboxylic acids is 1. The van der Waals surface area contributed by atoms with Crippen LogP contribution in [0.2, 0.25) is 5.02 Å². The third kappa shape index (κ3) is 2.17. The van der Waals surface area contributed by atoms with Gasteiger partial charge < -0.3 is 9.67 Å². The summed E-state index contributed by atoms with van der Waals surface area (Å²) >= 11 is 5.75. The highest BCUT2D eigenvalue weighted by atomic mass is 35.5. The quantitative estimate of drug-likeness (QED) is 0.892. The molecule has 0 saturated carbocycles. The molecule has 0 radical (unpaired) electrons. The van der Waals surface area contributed by atoms with E-state index in [-0.39, 0.29) is 16.4 Å². The van der Waals surface area contributed by atoms with E-state index in [9.17, 15) is 9.18 Å². The minimum atomic E-state index is -1.15. The van der Waals surface area contributed by atoms with Crippen molar-refractivity contribution >= 4 is 17.6 Å². The standard InChI is InChI=1S/C12H9ClFNO2/c1-7-2-3-9(14)10(4-7)15-6-8(13)5-11(15)12(16)17/h2-6H,1H3,(H,16,17). The fraction of sp³-hybridized carbons (Fsp3) is 0.0833. The second-order valence-electron chi connectivity index (χ2n) is 3.67. The van der Waals surface area contributed by atoms with Crippen LogP contribution in [0.15, 0.2) is 30.5 Å². The Balaban J connectivity index is 2.67. The molecule has 0 spiro atoms. The minimum Gasteiger partial charge on any atom is -0.477 e. The minimum absolute atomic E-state index is 0.0699. The first-order valence-electron chi connectivity index (χ1n) is 4.87. The summed E-state index contributed by atoms with van der Waals surface area (Å²) in [5, 5.41) is 9.25. The summed E-state index contributed by atoms with van der Waals surface area (Å²) < 4.78 is 14.9. The molecule has 5 heteroatoms. The molecule has 0 unspecified atom stereocenters. The van der Waals surface area contributed by atoms with Gasteiger partial charge >= 0.3 is 5.97 Å². The van der Waals surface area contributed by atoms with Gasteiger partial charge in [-0.3, -0.25) is 0 Å². The lowest BCUT2D eigenvalue weighted by atomic mass is 10.2. The van der Waals surface area contributed by atoms with Gasteiger partial charge in [0.15, 0.2) is 0 Å². The molecule has 0 atom stereocenters. The molecule has 0 bridgehead atoms. The van der Waals surface area contributed by atoms with Crippen molar-refractivity contribution in [2.75, 3.05) is 0 Å². The van der Waals surface area contributed by atoms with E-state index in [1.54, 1.807) is 19.1 Å². The number of hydrogen-bond acceptors (Lipinski definition) is 1. The summed E-state index contributed by atoms with van der Waals surface area (Å²) in [6, 6.07) is 5.76. The summed E-state index contributed by atoms with van der Waals surface area (Å²) in [6.07, 6.45) is 1.38. The van der Waals surface area contributed by atoms with Crippen molar-refractivity contribution in [3.63, 3.8) is 0 Å². The molecule has 1 aromatic heterocycles. The highest BCUT2D eigenvalue weighted by molar-refractivity contribution is 6.31. The van der Waals surface area contributed by atoms with E-state index >= 15 is 0 Å². The summed E-state index contributed by atoms with van der Waals surface area (Å²) in [6.45, 7) is 1.80. The van der Waals surface area contributed by atoms with E-state index in [2.05, 4.69) is 0 Å². The Morgan fingerprint density at radius 3 is 2.76 bits per heavy atom. The van der Waals surface area contributed by atoms with Crippen molar-refractivity contribution in [1.29, 1.82) is 0 Å². The van der Waals surface area contributed by atoms with Crippen molar-refractivity contribution in [1.82, 2.24) is 4.57 Å². The van der Waals surface area contributed by atoms with E-state index in [0.717, 1.165) is 5.56 Å². The molecule has 17 heavy (non-hydrogen) atoms. The van der Waals surface area contributed by atoms with Gasteiger partial charge in [0.2, 0.25) is 0 Å². The monoisotopic (exact) mass is 253 g/mol. The maximum atomic E-state index is 13.7. The number of benzene rings is 1. The van der Waals surface area contributed by atoms with Gasteiger partial charge in [0.1, 0.15) is 11.5 Å². The van der Waals surface area contributed by atoms with E-state index in [1.807, 2.05) is 0 Å². The van der Waals surface area contributed by atoms with Crippen LogP contribution in [0.4, 0.5) is 4.39 Å². The number of carboxylic acid groups (broad SMARTS) is 1. The normalized spacial score (nSPS) is 10.5. The summed E-state index contributed by atoms with van der Waals surface area (Å²) in [5.41, 5.74) is 0.941. The number of hydrogen-bond donors (Lipinski definition) is 1. The maximum absolute atomic E-state index is 13.7. The molecule has 1 heterocycles. The molecule has 3 nitrogen and oxygen atoms in total. The lowest BCUT2D eigenvalue weighted by molar-refractivity contribution is 0.0688. The SMILES string of the molecule is Cc1ccc(F)c(-n2cc(Cl)cc2C(=O)O)c1. The third-order valence-corrected chi connectivity index (χ3v) is 2.57. The predicted octanol–water partition coefficient (Wildman–Crippen LogP) is 3.28. The summed E-state index contributed by atoms with van der Waals surface area (Å²) in [5.74, 6) is -1.65. The van der Waals surface area contributed by atoms with Crippen LogP contribution in [0.3, 0.4) is 0 Å². The fourth-order valence-electron chi connectivity index (χ4n) is 1.60. The number of rotatable bonds is 2. The molecule has 0 fully saturated rings. The zero-order valence-corrected chi connectivity index (χ0v) is 9.70. The largest absolute Gasteiger partial charge is 0.477 e. The number of aryl methyl sites for hydroxylation is 1. The van der Waals surface area contributed by atoms with Gasteiger partial charge in [-0.05, 0) is 30.7 Å². The van der Waals surface area contributed by atoms with Crippen LogP contribution in [-0.4, -0.2) is 15.6 Å². The maximum Gasteiger partial charge on any atom is 0.352 e. The van der Waals surface area contributed by atoms with Crippen LogP contribution in [0, 0.1) is 12.7 Å². The van der Waals surface area contributed by atoms with E-state index in [4.69, 9.17) is 16.7 Å². The number of nitrogens with zero attached hydrogens (tertiary/aromatic N) is 1. The molecular formula is C12H9ClFNO2. The topological polar surface area (TPSA) is 42.2 Å². The van der Waals surface area contributed by atoms with Crippen LogP contribution in [0.5, 0.6) is 0 Å². The molecule has 0 saturated heterocycles. The zero-order valence-electron chi connectivity index (χ0n) is 8.95. The van der Waals surface area contributed by atoms with Crippen LogP contribution >= 0.6 is 11.6 Å². The Morgan fingerprint density at radius 2 is 2.12 bits per heavy atom. The van der Waals surface area contributed by atoms with Crippen molar-refractivity contribution < 1.29 is 14.3 Å². The number of aromatic carboxylic acids is 1. The van der Waals surface area contributed by atoms with Gasteiger partial charge in [-0.25, -0.2) is 9.18 Å². The molecule has 0 aliphatic heterocycles. The first kappa shape index (κ1) is 11.7. The van der Waals surface area contributed by atoms with E-state index in [1.165, 1.54) is 22.9 Å². The Bertz CT molecular complexity index is 592. The molecule has 0 amide bonds. The second-order valence-corrected chi connectivity index (χ2v) is 4.11. The Kier molecular flexibility index (Phi) is 2.90. The molecule has 1 N–H and O–H groups in total. The Hall–Kier alpha value is -1.81. The highest BCUT2D eigenvalue weighted by Gasteiger charge is 2.15. The number of halogens is 2. The van der Waals surface area contributed by atoms with E-state index < -0.39 is 11.8 Å². The Labute approximate surface area is 102 Å². The van der Waals surface area contributed by atoms with E-state index in [0.29, 0.717) is 0 Å². The van der Waals surface area contributed by atoms with Crippen molar-refractivity contribution in [2.24, 2.45) is 0 Å². The second kappa shape index (κ2) is 4.22. The van der Waals surface area contributed by atoms with Gasteiger partial charge in [0.05, 0.1) is 10.7 Å². The molecule has 88 valence electrons. The van der Waals surface area contributed by atoms with Gasteiger partial charge in [-0.1, -0.05) is 17.7 Å². The van der Waals surface area contributed by atoms with Crippen molar-refractivity contribution in [3.05, 3.63) is 52.6 Å². The average molecular weight is 254 g/mol. The number of aromatic nitrogens is 1. The molecule has 0 aliphatic rings. The highest BCUT2D eigenvalue weighted by Crippen LogP contribution is 2.22. The van der Waals surface area contributed by atoms with Crippen molar-refractivity contribution in [3.8, 4) is 5.69 Å². The summed E-state index contributed by atoms with van der Waals surface area (Å²) in [4.78, 5) is 11.0. The zero-order chi connectivity index (χ0) is 12.6. The summed E-state index contributed by atoms with van der Waals surface area (Å²) in [7, 11) is 0. The van der Waals surface area contributed by atoms with Gasteiger partial charge in [-0.15, -0.1) is 0 Å². The molecular weight excluding hydrogens is 245 g/mol. The van der Waals surface area contributed by atoms with Gasteiger partial charge in [0.25, 0.3) is 0 Å². The smallest absolute Gasteiger partial charge is 0.352 e. The first-order valence-corrected chi connectivity index (χ1v) is 5.24. The third-order valence-electron chi connectivity index (χ3n) is 2.37. The van der Waals surface area contributed by atoms with Crippen LogP contribution < -0.4 is 0 Å². The van der Waals surface area contributed by atoms with Gasteiger partial charge in [0, 0.05) is 6.20 Å². The van der Waals surface area contributed by atoms with Crippen LogP contribution in [0.1, 0.15) is 16.1 Å². The molecule has 2 aromatic rings. The predicted molar refractivity (Wildman–Crippen MR) is 62.4 cm³/mol. The van der Waals surface area contributed by atoms with Gasteiger partial charge in [-0.2, -0.15) is 0 Å². The fourth-order valence-corrected chi connectivity index (χ4v) is 1.80. The lowest BCUT2D eigenvalue weighted by Crippen LogP contribution is -2.07. The lowest BCUT2D eigenvalue weighted by Gasteiger charge is -2.08. The Morgan fingerprint density at radius 1 is 1.41 bits per heavy atom. The van der Waals surface area contributed by atoms with Crippen LogP contribution in [-0.2, 0) is 0 Å². The van der Waals surface area contributed by atoms with Crippen LogP contribution in [0.25, 0.3) is 5.69 Å². The number of carbonyl (C=O) groups is 1. The molecule has 0 aliphatic carbocycles. The average Bonchev–Trinajstić information content (AvgIpc) is 2.64. The molecule has 2 rings (SSSR count). The van der Waals surface area contributed by atoms with Crippen molar-refractivity contribution in [2.45, 2.75) is 6.92 Å². The first-order chi connectivity index (χ1) is 7.99. The molecule has 1 aromatic carbocycles.